The SMILES string of the molecule is CN1CCC(CNc2ccc(-c3nncn3C)cc2)CC1. The first-order valence-electron chi connectivity index (χ1n) is 7.59. The van der Waals surface area contributed by atoms with E-state index in [1.54, 1.807) is 6.33 Å². The summed E-state index contributed by atoms with van der Waals surface area (Å²) in [5.41, 5.74) is 2.28. The fraction of sp³-hybridized carbons (Fsp3) is 0.500. The number of nitrogens with zero attached hydrogens (tertiary/aromatic N) is 4. The van der Waals surface area contributed by atoms with E-state index in [2.05, 4.69) is 51.7 Å². The van der Waals surface area contributed by atoms with Gasteiger partial charge in [-0.2, -0.15) is 0 Å². The number of hydrogen-bond donors (Lipinski definition) is 1. The first-order valence-corrected chi connectivity index (χ1v) is 7.59. The van der Waals surface area contributed by atoms with E-state index in [-0.39, 0.29) is 0 Å². The molecular weight excluding hydrogens is 262 g/mol. The van der Waals surface area contributed by atoms with Gasteiger partial charge in [0.1, 0.15) is 6.33 Å². The van der Waals surface area contributed by atoms with E-state index in [1.165, 1.54) is 31.6 Å². The van der Waals surface area contributed by atoms with Gasteiger partial charge in [0.15, 0.2) is 5.82 Å². The van der Waals surface area contributed by atoms with Gasteiger partial charge in [0.2, 0.25) is 0 Å². The average Bonchev–Trinajstić information content (AvgIpc) is 2.93. The molecule has 1 fully saturated rings. The van der Waals surface area contributed by atoms with Crippen molar-refractivity contribution < 1.29 is 0 Å². The largest absolute Gasteiger partial charge is 0.385 e. The monoisotopic (exact) mass is 285 g/mol. The van der Waals surface area contributed by atoms with Crippen LogP contribution in [0, 0.1) is 5.92 Å². The first kappa shape index (κ1) is 14.1. The molecule has 112 valence electrons. The minimum absolute atomic E-state index is 0.791. The number of nitrogens with one attached hydrogen (secondary N) is 1. The van der Waals surface area contributed by atoms with Crippen molar-refractivity contribution in [2.45, 2.75) is 12.8 Å². The van der Waals surface area contributed by atoms with Crippen molar-refractivity contribution in [2.24, 2.45) is 13.0 Å². The van der Waals surface area contributed by atoms with Crippen LogP contribution < -0.4 is 5.32 Å². The molecule has 5 nitrogen and oxygen atoms in total. The highest BCUT2D eigenvalue weighted by atomic mass is 15.2. The van der Waals surface area contributed by atoms with E-state index >= 15 is 0 Å². The second kappa shape index (κ2) is 6.26. The van der Waals surface area contributed by atoms with Crippen LogP contribution in [0.15, 0.2) is 30.6 Å². The van der Waals surface area contributed by atoms with E-state index in [4.69, 9.17) is 0 Å². The van der Waals surface area contributed by atoms with Crippen molar-refractivity contribution in [3.05, 3.63) is 30.6 Å². The molecule has 0 atom stereocenters. The second-order valence-electron chi connectivity index (χ2n) is 5.97. The lowest BCUT2D eigenvalue weighted by Crippen LogP contribution is -2.32. The number of anilines is 1. The molecule has 0 radical (unpaired) electrons. The topological polar surface area (TPSA) is 46.0 Å². The summed E-state index contributed by atoms with van der Waals surface area (Å²) in [5, 5.41) is 11.6. The Morgan fingerprint density at radius 2 is 1.86 bits per heavy atom. The molecule has 0 unspecified atom stereocenters. The Hall–Kier alpha value is -1.88. The lowest BCUT2D eigenvalue weighted by molar-refractivity contribution is 0.226. The molecule has 0 spiro atoms. The highest BCUT2D eigenvalue weighted by Gasteiger charge is 2.16. The van der Waals surface area contributed by atoms with E-state index in [0.717, 1.165) is 23.9 Å². The van der Waals surface area contributed by atoms with Gasteiger partial charge < -0.3 is 14.8 Å². The summed E-state index contributed by atoms with van der Waals surface area (Å²) in [7, 11) is 4.16. The quantitative estimate of drug-likeness (QED) is 0.936. The van der Waals surface area contributed by atoms with Gasteiger partial charge in [-0.15, -0.1) is 10.2 Å². The van der Waals surface area contributed by atoms with Gasteiger partial charge in [0.05, 0.1) is 0 Å². The number of rotatable bonds is 4. The molecule has 5 heteroatoms. The number of aromatic nitrogens is 3. The van der Waals surface area contributed by atoms with Gasteiger partial charge in [0, 0.05) is 24.8 Å². The minimum atomic E-state index is 0.791. The molecular formula is C16H23N5. The zero-order valence-corrected chi connectivity index (χ0v) is 12.8. The van der Waals surface area contributed by atoms with Gasteiger partial charge in [0.25, 0.3) is 0 Å². The number of hydrogen-bond acceptors (Lipinski definition) is 4. The molecule has 0 amide bonds. The van der Waals surface area contributed by atoms with E-state index in [1.807, 2.05) is 11.6 Å². The molecule has 3 rings (SSSR count). The number of likely N-dealkylation sites (tertiary alicyclic amines) is 1. The van der Waals surface area contributed by atoms with Crippen molar-refractivity contribution in [2.75, 3.05) is 32.0 Å². The Balaban J connectivity index is 1.56. The summed E-state index contributed by atoms with van der Waals surface area (Å²) in [6.07, 6.45) is 4.31. The summed E-state index contributed by atoms with van der Waals surface area (Å²) < 4.78 is 1.93. The molecule has 0 saturated carbocycles. The van der Waals surface area contributed by atoms with Gasteiger partial charge in [-0.05, 0) is 63.2 Å². The van der Waals surface area contributed by atoms with Crippen LogP contribution in [0.2, 0.25) is 0 Å². The second-order valence-corrected chi connectivity index (χ2v) is 5.97. The van der Waals surface area contributed by atoms with Crippen molar-refractivity contribution in [3.8, 4) is 11.4 Å². The molecule has 0 aliphatic carbocycles. The van der Waals surface area contributed by atoms with Crippen LogP contribution in [-0.2, 0) is 7.05 Å². The smallest absolute Gasteiger partial charge is 0.163 e. The lowest BCUT2D eigenvalue weighted by Gasteiger charge is -2.29. The van der Waals surface area contributed by atoms with Crippen LogP contribution >= 0.6 is 0 Å². The highest BCUT2D eigenvalue weighted by Crippen LogP contribution is 2.20. The minimum Gasteiger partial charge on any atom is -0.385 e. The van der Waals surface area contributed by atoms with Crippen molar-refractivity contribution in [1.29, 1.82) is 0 Å². The maximum atomic E-state index is 4.13. The third-order valence-corrected chi connectivity index (χ3v) is 4.29. The van der Waals surface area contributed by atoms with Gasteiger partial charge >= 0.3 is 0 Å². The zero-order chi connectivity index (χ0) is 14.7. The first-order chi connectivity index (χ1) is 10.2. The van der Waals surface area contributed by atoms with Crippen LogP contribution in [0.3, 0.4) is 0 Å². The Labute approximate surface area is 126 Å². The van der Waals surface area contributed by atoms with Crippen molar-refractivity contribution in [1.82, 2.24) is 19.7 Å². The summed E-state index contributed by atoms with van der Waals surface area (Å²) in [4.78, 5) is 2.41. The molecule has 1 aromatic heterocycles. The maximum absolute atomic E-state index is 4.13. The summed E-state index contributed by atoms with van der Waals surface area (Å²) in [6, 6.07) is 8.44. The summed E-state index contributed by atoms with van der Waals surface area (Å²) in [5.74, 6) is 1.69. The van der Waals surface area contributed by atoms with Crippen molar-refractivity contribution >= 4 is 5.69 Å². The standard InChI is InChI=1S/C16H23N5/c1-20-9-7-13(8-10-20)11-17-15-5-3-14(4-6-15)16-19-18-12-21(16)2/h3-6,12-13,17H,7-11H2,1-2H3. The van der Waals surface area contributed by atoms with E-state index in [9.17, 15) is 0 Å². The van der Waals surface area contributed by atoms with E-state index in [0.29, 0.717) is 0 Å². The summed E-state index contributed by atoms with van der Waals surface area (Å²) in [6.45, 7) is 3.51. The maximum Gasteiger partial charge on any atom is 0.163 e. The van der Waals surface area contributed by atoms with Gasteiger partial charge in [-0.3, -0.25) is 0 Å². The molecule has 1 aliphatic heterocycles. The third kappa shape index (κ3) is 3.42. The highest BCUT2D eigenvalue weighted by molar-refractivity contribution is 5.59. The normalized spacial score (nSPS) is 17.0. The Bertz CT molecular complexity index is 567. The molecule has 21 heavy (non-hydrogen) atoms. The van der Waals surface area contributed by atoms with Crippen LogP contribution in [0.5, 0.6) is 0 Å². The van der Waals surface area contributed by atoms with E-state index < -0.39 is 0 Å². The molecule has 1 aliphatic rings. The van der Waals surface area contributed by atoms with Gasteiger partial charge in [-0.1, -0.05) is 0 Å². The van der Waals surface area contributed by atoms with Crippen LogP contribution in [0.25, 0.3) is 11.4 Å². The number of piperidine rings is 1. The fourth-order valence-electron chi connectivity index (χ4n) is 2.81. The van der Waals surface area contributed by atoms with Crippen LogP contribution in [0.1, 0.15) is 12.8 Å². The average molecular weight is 285 g/mol. The number of benzene rings is 1. The summed E-state index contributed by atoms with van der Waals surface area (Å²) >= 11 is 0. The molecule has 2 aromatic rings. The Morgan fingerprint density at radius 1 is 1.14 bits per heavy atom. The zero-order valence-electron chi connectivity index (χ0n) is 12.8. The Kier molecular flexibility index (Phi) is 4.20. The Morgan fingerprint density at radius 3 is 2.48 bits per heavy atom. The predicted molar refractivity (Wildman–Crippen MR) is 85.1 cm³/mol. The number of aryl methyl sites for hydroxylation is 1. The fourth-order valence-corrected chi connectivity index (χ4v) is 2.81. The van der Waals surface area contributed by atoms with Crippen molar-refractivity contribution in [3.63, 3.8) is 0 Å². The molecule has 2 heterocycles. The molecule has 1 aromatic carbocycles. The lowest BCUT2D eigenvalue weighted by atomic mass is 9.97. The van der Waals surface area contributed by atoms with Gasteiger partial charge in [-0.25, -0.2) is 0 Å². The third-order valence-electron chi connectivity index (χ3n) is 4.29. The molecule has 1 saturated heterocycles. The molecule has 0 bridgehead atoms. The van der Waals surface area contributed by atoms with Crippen LogP contribution in [0.4, 0.5) is 5.69 Å². The molecule has 1 N–H and O–H groups in total. The predicted octanol–water partition coefficient (Wildman–Crippen LogP) is 2.24. The van der Waals surface area contributed by atoms with Crippen LogP contribution in [-0.4, -0.2) is 46.3 Å².